The number of carbonyl (C=O) groups is 2. The number of hydrogen-bond acceptors (Lipinski definition) is 5. The van der Waals surface area contributed by atoms with E-state index < -0.39 is 5.97 Å². The Balaban J connectivity index is 1.79. The van der Waals surface area contributed by atoms with E-state index in [9.17, 15) is 9.59 Å². The summed E-state index contributed by atoms with van der Waals surface area (Å²) in [5, 5.41) is 2.70. The van der Waals surface area contributed by atoms with E-state index in [4.69, 9.17) is 9.47 Å². The van der Waals surface area contributed by atoms with Gasteiger partial charge in [-0.1, -0.05) is 12.1 Å². The molecular weight excluding hydrogens is 320 g/mol. The highest BCUT2D eigenvalue weighted by Crippen LogP contribution is 2.13. The average molecular weight is 342 g/mol. The van der Waals surface area contributed by atoms with Gasteiger partial charge in [0.25, 0.3) is 5.91 Å². The van der Waals surface area contributed by atoms with E-state index in [1.807, 2.05) is 55.4 Å². The fourth-order valence-corrected chi connectivity index (χ4v) is 2.14. The number of hydrogen-bond donors (Lipinski definition) is 1. The van der Waals surface area contributed by atoms with Crippen molar-refractivity contribution in [1.82, 2.24) is 5.32 Å². The van der Waals surface area contributed by atoms with Gasteiger partial charge in [0.1, 0.15) is 5.75 Å². The maximum absolute atomic E-state index is 12.0. The van der Waals surface area contributed by atoms with Gasteiger partial charge in [0.05, 0.1) is 12.7 Å². The molecule has 2 aromatic rings. The molecule has 6 heteroatoms. The number of rotatable bonds is 7. The van der Waals surface area contributed by atoms with E-state index in [2.05, 4.69) is 5.32 Å². The third-order valence-electron chi connectivity index (χ3n) is 3.58. The molecule has 0 heterocycles. The maximum atomic E-state index is 12.0. The van der Waals surface area contributed by atoms with E-state index in [1.165, 1.54) is 0 Å². The molecule has 1 amide bonds. The minimum absolute atomic E-state index is 0.321. The van der Waals surface area contributed by atoms with Crippen LogP contribution in [0.15, 0.2) is 48.5 Å². The van der Waals surface area contributed by atoms with Crippen LogP contribution in [0.2, 0.25) is 0 Å². The fourth-order valence-electron chi connectivity index (χ4n) is 2.14. The van der Waals surface area contributed by atoms with E-state index in [0.29, 0.717) is 12.1 Å². The van der Waals surface area contributed by atoms with Gasteiger partial charge in [0.2, 0.25) is 0 Å². The lowest BCUT2D eigenvalue weighted by Gasteiger charge is -2.12. The van der Waals surface area contributed by atoms with Crippen molar-refractivity contribution in [2.45, 2.75) is 6.54 Å². The third-order valence-corrected chi connectivity index (χ3v) is 3.58. The number of amides is 1. The Bertz CT molecular complexity index is 726. The van der Waals surface area contributed by atoms with Crippen molar-refractivity contribution < 1.29 is 19.1 Å². The molecule has 0 bridgehead atoms. The Labute approximate surface area is 147 Å². The summed E-state index contributed by atoms with van der Waals surface area (Å²) < 4.78 is 10.2. The average Bonchev–Trinajstić information content (AvgIpc) is 2.64. The number of nitrogens with one attached hydrogen (secondary N) is 1. The second-order valence-electron chi connectivity index (χ2n) is 5.65. The first kappa shape index (κ1) is 18.3. The maximum Gasteiger partial charge on any atom is 0.338 e. The van der Waals surface area contributed by atoms with Gasteiger partial charge in [-0.15, -0.1) is 0 Å². The van der Waals surface area contributed by atoms with Crippen molar-refractivity contribution in [3.63, 3.8) is 0 Å². The van der Waals surface area contributed by atoms with Crippen LogP contribution in [0, 0.1) is 0 Å². The van der Waals surface area contributed by atoms with Gasteiger partial charge in [-0.25, -0.2) is 4.79 Å². The predicted octanol–water partition coefficient (Wildman–Crippen LogP) is 2.23. The summed E-state index contributed by atoms with van der Waals surface area (Å²) in [6, 6.07) is 14.4. The van der Waals surface area contributed by atoms with Crippen LogP contribution in [0.3, 0.4) is 0 Å². The number of nitrogens with zero attached hydrogens (tertiary/aromatic N) is 1. The Morgan fingerprint density at radius 2 is 1.80 bits per heavy atom. The first-order valence-electron chi connectivity index (χ1n) is 7.83. The minimum atomic E-state index is -0.526. The molecule has 0 aromatic heterocycles. The monoisotopic (exact) mass is 342 g/mol. The van der Waals surface area contributed by atoms with Crippen LogP contribution >= 0.6 is 0 Å². The molecule has 25 heavy (non-hydrogen) atoms. The highest BCUT2D eigenvalue weighted by atomic mass is 16.5. The standard InChI is InChI=1S/C19H22N2O4/c1-21(2)16-9-7-15(8-10-16)19(23)25-13-18(22)20-12-14-5-4-6-17(11-14)24-3/h4-11H,12-13H2,1-3H3,(H,20,22). The van der Waals surface area contributed by atoms with Crippen LogP contribution in [0.5, 0.6) is 5.75 Å². The molecule has 132 valence electrons. The summed E-state index contributed by atoms with van der Waals surface area (Å²) in [5.74, 6) is -0.165. The Morgan fingerprint density at radius 1 is 1.08 bits per heavy atom. The predicted molar refractivity (Wildman–Crippen MR) is 95.9 cm³/mol. The van der Waals surface area contributed by atoms with Gasteiger partial charge in [-0.3, -0.25) is 4.79 Å². The zero-order valence-corrected chi connectivity index (χ0v) is 14.6. The normalized spacial score (nSPS) is 10.0. The second kappa shape index (κ2) is 8.73. The van der Waals surface area contributed by atoms with E-state index in [1.54, 1.807) is 19.2 Å². The molecule has 0 saturated heterocycles. The summed E-state index contributed by atoms with van der Waals surface area (Å²) in [7, 11) is 5.42. The largest absolute Gasteiger partial charge is 0.497 e. The molecule has 0 unspecified atom stereocenters. The number of anilines is 1. The van der Waals surface area contributed by atoms with Crippen LogP contribution in [0.1, 0.15) is 15.9 Å². The summed E-state index contributed by atoms with van der Waals surface area (Å²) in [4.78, 5) is 25.7. The van der Waals surface area contributed by atoms with Crippen LogP contribution in [-0.4, -0.2) is 39.7 Å². The Hall–Kier alpha value is -3.02. The third kappa shape index (κ3) is 5.53. The summed E-state index contributed by atoms with van der Waals surface area (Å²) in [6.45, 7) is 0.0172. The van der Waals surface area contributed by atoms with E-state index >= 15 is 0 Å². The van der Waals surface area contributed by atoms with E-state index in [0.717, 1.165) is 17.0 Å². The molecular formula is C19H22N2O4. The molecule has 2 rings (SSSR count). The summed E-state index contributed by atoms with van der Waals surface area (Å²) >= 11 is 0. The molecule has 0 aliphatic heterocycles. The van der Waals surface area contributed by atoms with Crippen LogP contribution in [-0.2, 0) is 16.1 Å². The number of carbonyl (C=O) groups excluding carboxylic acids is 2. The van der Waals surface area contributed by atoms with Crippen LogP contribution in [0.4, 0.5) is 5.69 Å². The summed E-state index contributed by atoms with van der Waals surface area (Å²) in [5.41, 5.74) is 2.29. The van der Waals surface area contributed by atoms with Crippen molar-refractivity contribution in [3.05, 3.63) is 59.7 Å². The lowest BCUT2D eigenvalue weighted by molar-refractivity contribution is -0.124. The van der Waals surface area contributed by atoms with E-state index in [-0.39, 0.29) is 12.5 Å². The smallest absolute Gasteiger partial charge is 0.338 e. The van der Waals surface area contributed by atoms with Crippen molar-refractivity contribution >= 4 is 17.6 Å². The zero-order valence-electron chi connectivity index (χ0n) is 14.6. The molecule has 6 nitrogen and oxygen atoms in total. The number of benzene rings is 2. The van der Waals surface area contributed by atoms with Crippen molar-refractivity contribution in [1.29, 1.82) is 0 Å². The Kier molecular flexibility index (Phi) is 6.39. The highest BCUT2D eigenvalue weighted by molar-refractivity contribution is 5.91. The Morgan fingerprint density at radius 3 is 2.44 bits per heavy atom. The first-order chi connectivity index (χ1) is 12.0. The molecule has 0 aliphatic rings. The minimum Gasteiger partial charge on any atom is -0.497 e. The first-order valence-corrected chi connectivity index (χ1v) is 7.83. The fraction of sp³-hybridized carbons (Fsp3) is 0.263. The molecule has 0 fully saturated rings. The second-order valence-corrected chi connectivity index (χ2v) is 5.65. The van der Waals surface area contributed by atoms with Gasteiger partial charge in [-0.05, 0) is 42.0 Å². The van der Waals surface area contributed by atoms with Crippen LogP contribution < -0.4 is 15.0 Å². The zero-order chi connectivity index (χ0) is 18.2. The SMILES string of the molecule is COc1cccc(CNC(=O)COC(=O)c2ccc(N(C)C)cc2)c1. The van der Waals surface area contributed by atoms with Gasteiger partial charge in [0, 0.05) is 26.3 Å². The molecule has 0 aliphatic carbocycles. The molecule has 0 atom stereocenters. The van der Waals surface area contributed by atoms with Crippen LogP contribution in [0.25, 0.3) is 0 Å². The number of ether oxygens (including phenoxy) is 2. The molecule has 0 radical (unpaired) electrons. The van der Waals surface area contributed by atoms with Crippen molar-refractivity contribution in [2.75, 3.05) is 32.7 Å². The van der Waals surface area contributed by atoms with Gasteiger partial charge >= 0.3 is 5.97 Å². The van der Waals surface area contributed by atoms with Crippen molar-refractivity contribution in [2.24, 2.45) is 0 Å². The van der Waals surface area contributed by atoms with Gasteiger partial charge in [0.15, 0.2) is 6.61 Å². The lowest BCUT2D eigenvalue weighted by atomic mass is 10.2. The topological polar surface area (TPSA) is 67.9 Å². The van der Waals surface area contributed by atoms with Gasteiger partial charge in [-0.2, -0.15) is 0 Å². The quantitative estimate of drug-likeness (QED) is 0.782. The van der Waals surface area contributed by atoms with Crippen molar-refractivity contribution in [3.8, 4) is 5.75 Å². The molecule has 0 saturated carbocycles. The molecule has 2 aromatic carbocycles. The summed E-state index contributed by atoms with van der Waals surface area (Å²) in [6.07, 6.45) is 0. The number of methoxy groups -OCH3 is 1. The van der Waals surface area contributed by atoms with Gasteiger partial charge < -0.3 is 19.7 Å². The highest BCUT2D eigenvalue weighted by Gasteiger charge is 2.10. The molecule has 1 N–H and O–H groups in total. The number of esters is 1. The lowest BCUT2D eigenvalue weighted by Crippen LogP contribution is -2.28. The molecule has 0 spiro atoms.